The minimum absolute atomic E-state index is 0.0460. The van der Waals surface area contributed by atoms with Gasteiger partial charge in [0.1, 0.15) is 11.2 Å². The predicted octanol–water partition coefficient (Wildman–Crippen LogP) is 3.93. The van der Waals surface area contributed by atoms with E-state index in [9.17, 15) is 18.4 Å². The molecule has 0 radical (unpaired) electrons. The fraction of sp³-hybridized carbons (Fsp3) is 0.550. The Bertz CT molecular complexity index is 1000. The number of halogens is 2. The van der Waals surface area contributed by atoms with E-state index in [1.165, 1.54) is 11.0 Å². The topological polar surface area (TPSA) is 98.3 Å². The van der Waals surface area contributed by atoms with Crippen molar-refractivity contribution in [3.63, 3.8) is 0 Å². The number of likely N-dealkylation sites (tertiary alicyclic amines) is 1. The van der Waals surface area contributed by atoms with Crippen LogP contribution in [0.5, 0.6) is 0 Å². The molecule has 1 aromatic carbocycles. The van der Waals surface area contributed by atoms with E-state index in [1.807, 2.05) is 0 Å². The number of H-pyrrole nitrogens is 1. The highest BCUT2D eigenvalue weighted by molar-refractivity contribution is 7.99. The molecule has 7 nitrogen and oxygen atoms in total. The van der Waals surface area contributed by atoms with Gasteiger partial charge in [0.15, 0.2) is 11.6 Å². The molecule has 1 saturated heterocycles. The van der Waals surface area contributed by atoms with Gasteiger partial charge in [0.25, 0.3) is 5.56 Å². The van der Waals surface area contributed by atoms with Crippen LogP contribution < -0.4 is 10.9 Å². The van der Waals surface area contributed by atoms with Crippen LogP contribution in [-0.4, -0.2) is 50.4 Å². The molecule has 2 heterocycles. The van der Waals surface area contributed by atoms with Gasteiger partial charge in [-0.1, -0.05) is 12.8 Å². The Kier molecular flexibility index (Phi) is 6.12. The zero-order valence-corrected chi connectivity index (χ0v) is 17.2. The number of aromatic nitrogens is 2. The molecular formula is C20H24F2N4O3S. The van der Waals surface area contributed by atoms with Crippen molar-refractivity contribution in [3.05, 3.63) is 33.9 Å². The highest BCUT2D eigenvalue weighted by Gasteiger charge is 2.24. The maximum Gasteiger partial charge on any atom is 0.407 e. The summed E-state index contributed by atoms with van der Waals surface area (Å²) in [6, 6.07) is 1.52. The summed E-state index contributed by atoms with van der Waals surface area (Å²) >= 11 is 1.58. The highest BCUT2D eigenvalue weighted by Crippen LogP contribution is 2.29. The molecular weight excluding hydrogens is 414 g/mol. The van der Waals surface area contributed by atoms with Crippen LogP contribution in [0.15, 0.2) is 10.9 Å². The van der Waals surface area contributed by atoms with E-state index in [-0.39, 0.29) is 27.9 Å². The number of anilines is 1. The molecule has 2 fully saturated rings. The maximum absolute atomic E-state index is 14.6. The molecule has 10 heteroatoms. The van der Waals surface area contributed by atoms with Crippen LogP contribution in [0.1, 0.15) is 44.3 Å². The number of aromatic amines is 1. The number of nitrogens with zero attached hydrogens (tertiary/aromatic N) is 2. The molecule has 0 bridgehead atoms. The van der Waals surface area contributed by atoms with E-state index in [0.29, 0.717) is 24.7 Å². The Morgan fingerprint density at radius 1 is 1.23 bits per heavy atom. The number of amides is 1. The second-order valence-corrected chi connectivity index (χ2v) is 9.15. The van der Waals surface area contributed by atoms with Gasteiger partial charge in [-0.2, -0.15) is 11.8 Å². The van der Waals surface area contributed by atoms with Gasteiger partial charge in [0, 0.05) is 24.4 Å². The third-order valence-corrected chi connectivity index (χ3v) is 7.19. The lowest BCUT2D eigenvalue weighted by Crippen LogP contribution is -2.38. The summed E-state index contributed by atoms with van der Waals surface area (Å²) in [5, 5.41) is 12.0. The highest BCUT2D eigenvalue weighted by atomic mass is 32.2. The van der Waals surface area contributed by atoms with Gasteiger partial charge in [-0.25, -0.2) is 18.6 Å². The van der Waals surface area contributed by atoms with Crippen LogP contribution in [0, 0.1) is 11.6 Å². The van der Waals surface area contributed by atoms with Gasteiger partial charge in [-0.15, -0.1) is 0 Å². The lowest BCUT2D eigenvalue weighted by molar-refractivity contribution is 0.136. The van der Waals surface area contributed by atoms with Gasteiger partial charge in [-0.05, 0) is 31.7 Å². The summed E-state index contributed by atoms with van der Waals surface area (Å²) in [4.78, 5) is 31.7. The number of piperidine rings is 1. The molecule has 162 valence electrons. The summed E-state index contributed by atoms with van der Waals surface area (Å²) in [5.74, 6) is -1.42. The number of hydrogen-bond acceptors (Lipinski definition) is 5. The van der Waals surface area contributed by atoms with E-state index in [1.54, 1.807) is 11.8 Å². The van der Waals surface area contributed by atoms with Gasteiger partial charge in [0.2, 0.25) is 0 Å². The molecule has 2 aliphatic rings. The van der Waals surface area contributed by atoms with Crippen molar-refractivity contribution in [1.29, 1.82) is 0 Å². The number of nitrogens with one attached hydrogen (secondary N) is 2. The molecule has 30 heavy (non-hydrogen) atoms. The second kappa shape index (κ2) is 8.79. The lowest BCUT2D eigenvalue weighted by Gasteiger charge is -2.29. The minimum Gasteiger partial charge on any atom is -0.465 e. The van der Waals surface area contributed by atoms with Crippen LogP contribution in [-0.2, 0) is 5.75 Å². The van der Waals surface area contributed by atoms with Gasteiger partial charge < -0.3 is 20.3 Å². The first-order valence-corrected chi connectivity index (χ1v) is 11.2. The first-order chi connectivity index (χ1) is 14.4. The van der Waals surface area contributed by atoms with Crippen LogP contribution in [0.2, 0.25) is 0 Å². The Hall–Kier alpha value is -2.36. The summed E-state index contributed by atoms with van der Waals surface area (Å²) in [5.41, 5.74) is -0.515. The monoisotopic (exact) mass is 438 g/mol. The van der Waals surface area contributed by atoms with Crippen LogP contribution in [0.3, 0.4) is 0 Å². The van der Waals surface area contributed by atoms with Crippen molar-refractivity contribution in [2.24, 2.45) is 0 Å². The fourth-order valence-corrected chi connectivity index (χ4v) is 5.23. The molecule has 1 aromatic heterocycles. The van der Waals surface area contributed by atoms with E-state index < -0.39 is 23.3 Å². The van der Waals surface area contributed by atoms with Crippen molar-refractivity contribution in [2.45, 2.75) is 55.6 Å². The minimum atomic E-state index is -1.18. The number of hydrogen-bond donors (Lipinski definition) is 3. The number of carboxylic acid groups (broad SMARTS) is 1. The van der Waals surface area contributed by atoms with Crippen LogP contribution in [0.25, 0.3) is 10.9 Å². The Morgan fingerprint density at radius 2 is 1.93 bits per heavy atom. The summed E-state index contributed by atoms with van der Waals surface area (Å²) < 4.78 is 29.0. The Balaban J connectivity index is 1.51. The normalized spacial score (nSPS) is 18.3. The zero-order chi connectivity index (χ0) is 21.3. The first kappa shape index (κ1) is 20.9. The number of benzene rings is 1. The second-order valence-electron chi connectivity index (χ2n) is 7.86. The smallest absolute Gasteiger partial charge is 0.407 e. The van der Waals surface area contributed by atoms with Crippen molar-refractivity contribution in [3.8, 4) is 0 Å². The lowest BCUT2D eigenvalue weighted by atomic mass is 10.1. The molecule has 0 spiro atoms. The third kappa shape index (κ3) is 4.38. The summed E-state index contributed by atoms with van der Waals surface area (Å²) in [6.45, 7) is 0.963. The molecule has 1 saturated carbocycles. The molecule has 1 amide bonds. The Labute approximate surface area is 176 Å². The summed E-state index contributed by atoms with van der Waals surface area (Å²) in [7, 11) is 0. The Morgan fingerprint density at radius 3 is 2.60 bits per heavy atom. The SMILES string of the molecule is O=C(O)N1CCC(SCc2nc3cc(NC4CCCC4)c(F)c(F)c3c(=O)[nH]2)CC1. The van der Waals surface area contributed by atoms with Crippen molar-refractivity contribution >= 4 is 34.4 Å². The average Bonchev–Trinajstić information content (AvgIpc) is 3.23. The predicted molar refractivity (Wildman–Crippen MR) is 112 cm³/mol. The van der Waals surface area contributed by atoms with Crippen molar-refractivity contribution in [1.82, 2.24) is 14.9 Å². The quantitative estimate of drug-likeness (QED) is 0.654. The van der Waals surface area contributed by atoms with Gasteiger partial charge in [-0.3, -0.25) is 4.79 Å². The van der Waals surface area contributed by atoms with E-state index in [2.05, 4.69) is 15.3 Å². The molecule has 4 rings (SSSR count). The molecule has 0 atom stereocenters. The van der Waals surface area contributed by atoms with Crippen molar-refractivity contribution in [2.75, 3.05) is 18.4 Å². The molecule has 3 N–H and O–H groups in total. The zero-order valence-electron chi connectivity index (χ0n) is 16.4. The van der Waals surface area contributed by atoms with E-state index in [0.717, 1.165) is 38.5 Å². The number of rotatable bonds is 5. The largest absolute Gasteiger partial charge is 0.465 e. The first-order valence-electron chi connectivity index (χ1n) is 10.2. The maximum atomic E-state index is 14.6. The molecule has 1 aliphatic carbocycles. The van der Waals surface area contributed by atoms with Crippen LogP contribution >= 0.6 is 11.8 Å². The van der Waals surface area contributed by atoms with Crippen molar-refractivity contribution < 1.29 is 18.7 Å². The standard InChI is InChI=1S/C20H24F2N4O3S/c21-17-14(23-11-3-1-2-4-11)9-13-16(18(17)22)19(27)25-15(24-13)10-30-12-5-7-26(8-6-12)20(28)29/h9,11-12,23H,1-8,10H2,(H,28,29)(H,24,25,27). The van der Waals surface area contributed by atoms with E-state index in [4.69, 9.17) is 5.11 Å². The van der Waals surface area contributed by atoms with E-state index >= 15 is 0 Å². The number of carbonyl (C=O) groups is 1. The number of thioether (sulfide) groups is 1. The number of fused-ring (bicyclic) bond motifs is 1. The van der Waals surface area contributed by atoms with Gasteiger partial charge in [0.05, 0.1) is 17.0 Å². The molecule has 0 unspecified atom stereocenters. The molecule has 1 aliphatic heterocycles. The summed E-state index contributed by atoms with van der Waals surface area (Å²) in [6.07, 6.45) is 4.47. The van der Waals surface area contributed by atoms with Gasteiger partial charge >= 0.3 is 6.09 Å². The molecule has 2 aromatic rings. The average molecular weight is 439 g/mol. The van der Waals surface area contributed by atoms with Crippen LogP contribution in [0.4, 0.5) is 19.3 Å². The fourth-order valence-electron chi connectivity index (χ4n) is 4.16. The third-order valence-electron chi connectivity index (χ3n) is 5.81.